The first-order chi connectivity index (χ1) is 7.68. The molecule has 0 aliphatic heterocycles. The molecule has 1 aromatic rings. The van der Waals surface area contributed by atoms with Crippen molar-refractivity contribution in [3.63, 3.8) is 0 Å². The van der Waals surface area contributed by atoms with E-state index in [-0.39, 0.29) is 11.9 Å². The molecule has 0 spiro atoms. The molecule has 0 heterocycles. The molecule has 3 heteroatoms. The van der Waals surface area contributed by atoms with Crippen LogP contribution < -0.4 is 11.1 Å². The lowest BCUT2D eigenvalue weighted by Crippen LogP contribution is -2.27. The fourth-order valence-electron chi connectivity index (χ4n) is 1.50. The summed E-state index contributed by atoms with van der Waals surface area (Å²) in [6.45, 7) is 2.69. The number of amides is 1. The summed E-state index contributed by atoms with van der Waals surface area (Å²) in [4.78, 5) is 11.5. The standard InChI is InChI=1S/C13H20N2O/c1-11(14)6-5-9-15-13(16)10-12-7-3-2-4-8-12/h2-4,7-8,11H,5-6,9-10,14H2,1H3,(H,15,16). The van der Waals surface area contributed by atoms with Crippen LogP contribution in [0.5, 0.6) is 0 Å². The molecule has 0 radical (unpaired) electrons. The minimum atomic E-state index is 0.0795. The van der Waals surface area contributed by atoms with E-state index in [1.54, 1.807) is 0 Å². The highest BCUT2D eigenvalue weighted by Crippen LogP contribution is 1.99. The van der Waals surface area contributed by atoms with Gasteiger partial charge in [0.2, 0.25) is 5.91 Å². The highest BCUT2D eigenvalue weighted by molar-refractivity contribution is 5.78. The lowest BCUT2D eigenvalue weighted by Gasteiger charge is -2.06. The Hall–Kier alpha value is -1.35. The van der Waals surface area contributed by atoms with Gasteiger partial charge in [0.25, 0.3) is 0 Å². The molecule has 0 saturated heterocycles. The van der Waals surface area contributed by atoms with Gasteiger partial charge < -0.3 is 11.1 Å². The van der Waals surface area contributed by atoms with Crippen LogP contribution in [0, 0.1) is 0 Å². The largest absolute Gasteiger partial charge is 0.356 e. The van der Waals surface area contributed by atoms with Crippen molar-refractivity contribution >= 4 is 5.91 Å². The third-order valence-electron chi connectivity index (χ3n) is 2.37. The first-order valence-corrected chi connectivity index (χ1v) is 5.74. The maximum absolute atomic E-state index is 11.5. The summed E-state index contributed by atoms with van der Waals surface area (Å²) in [5, 5.41) is 2.89. The number of benzene rings is 1. The summed E-state index contributed by atoms with van der Waals surface area (Å²) in [5.74, 6) is 0.0795. The van der Waals surface area contributed by atoms with Crippen LogP contribution in [0.2, 0.25) is 0 Å². The summed E-state index contributed by atoms with van der Waals surface area (Å²) >= 11 is 0. The van der Waals surface area contributed by atoms with Crippen LogP contribution in [0.15, 0.2) is 30.3 Å². The van der Waals surface area contributed by atoms with Crippen LogP contribution >= 0.6 is 0 Å². The van der Waals surface area contributed by atoms with Crippen molar-refractivity contribution in [2.24, 2.45) is 5.73 Å². The Morgan fingerprint density at radius 2 is 2.06 bits per heavy atom. The molecule has 0 saturated carbocycles. The number of carbonyl (C=O) groups is 1. The topological polar surface area (TPSA) is 55.1 Å². The van der Waals surface area contributed by atoms with Gasteiger partial charge in [-0.2, -0.15) is 0 Å². The Balaban J connectivity index is 2.17. The molecule has 1 atom stereocenters. The SMILES string of the molecule is CC(N)CCCNC(=O)Cc1ccccc1. The molecular weight excluding hydrogens is 200 g/mol. The summed E-state index contributed by atoms with van der Waals surface area (Å²) in [6, 6.07) is 9.97. The average Bonchev–Trinajstić information content (AvgIpc) is 2.25. The van der Waals surface area contributed by atoms with E-state index in [9.17, 15) is 4.79 Å². The van der Waals surface area contributed by atoms with Gasteiger partial charge >= 0.3 is 0 Å². The van der Waals surface area contributed by atoms with Crippen molar-refractivity contribution in [2.45, 2.75) is 32.2 Å². The Bertz CT molecular complexity index is 309. The third kappa shape index (κ3) is 5.51. The van der Waals surface area contributed by atoms with Crippen LogP contribution in [-0.4, -0.2) is 18.5 Å². The Morgan fingerprint density at radius 3 is 2.69 bits per heavy atom. The maximum Gasteiger partial charge on any atom is 0.224 e. The zero-order chi connectivity index (χ0) is 11.8. The molecule has 0 fully saturated rings. The van der Waals surface area contributed by atoms with E-state index in [2.05, 4.69) is 5.32 Å². The number of carbonyl (C=O) groups excluding carboxylic acids is 1. The lowest BCUT2D eigenvalue weighted by atomic mass is 10.1. The monoisotopic (exact) mass is 220 g/mol. The molecule has 0 aromatic heterocycles. The van der Waals surface area contributed by atoms with Crippen molar-refractivity contribution in [1.82, 2.24) is 5.32 Å². The normalized spacial score (nSPS) is 12.1. The van der Waals surface area contributed by atoms with Gasteiger partial charge in [0.1, 0.15) is 0 Å². The van der Waals surface area contributed by atoms with Crippen molar-refractivity contribution in [3.05, 3.63) is 35.9 Å². The molecule has 1 unspecified atom stereocenters. The molecule has 0 aliphatic rings. The van der Waals surface area contributed by atoms with E-state index in [4.69, 9.17) is 5.73 Å². The minimum Gasteiger partial charge on any atom is -0.356 e. The Labute approximate surface area is 97.0 Å². The van der Waals surface area contributed by atoms with Crippen LogP contribution in [0.3, 0.4) is 0 Å². The van der Waals surface area contributed by atoms with Crippen molar-refractivity contribution in [3.8, 4) is 0 Å². The zero-order valence-electron chi connectivity index (χ0n) is 9.78. The lowest BCUT2D eigenvalue weighted by molar-refractivity contribution is -0.120. The van der Waals surface area contributed by atoms with Crippen molar-refractivity contribution < 1.29 is 4.79 Å². The first kappa shape index (κ1) is 12.7. The Morgan fingerprint density at radius 1 is 1.38 bits per heavy atom. The average molecular weight is 220 g/mol. The highest BCUT2D eigenvalue weighted by atomic mass is 16.1. The second-order valence-corrected chi connectivity index (χ2v) is 4.13. The number of nitrogens with one attached hydrogen (secondary N) is 1. The molecular formula is C13H20N2O. The first-order valence-electron chi connectivity index (χ1n) is 5.74. The predicted molar refractivity (Wildman–Crippen MR) is 66.0 cm³/mol. The van der Waals surface area contributed by atoms with Gasteiger partial charge in [-0.3, -0.25) is 4.79 Å². The molecule has 3 N–H and O–H groups in total. The third-order valence-corrected chi connectivity index (χ3v) is 2.37. The molecule has 3 nitrogen and oxygen atoms in total. The predicted octanol–water partition coefficient (Wildman–Crippen LogP) is 1.47. The van der Waals surface area contributed by atoms with E-state index in [0.717, 1.165) is 18.4 Å². The van der Waals surface area contributed by atoms with Gasteiger partial charge in [-0.25, -0.2) is 0 Å². The molecule has 16 heavy (non-hydrogen) atoms. The van der Waals surface area contributed by atoms with Crippen LogP contribution in [-0.2, 0) is 11.2 Å². The second kappa shape index (κ2) is 7.01. The molecule has 0 aliphatic carbocycles. The summed E-state index contributed by atoms with van der Waals surface area (Å²) < 4.78 is 0. The van der Waals surface area contributed by atoms with Gasteiger partial charge in [-0.15, -0.1) is 0 Å². The number of nitrogens with two attached hydrogens (primary N) is 1. The van der Waals surface area contributed by atoms with E-state index in [1.165, 1.54) is 0 Å². The molecule has 1 rings (SSSR count). The highest BCUT2D eigenvalue weighted by Gasteiger charge is 2.02. The summed E-state index contributed by atoms with van der Waals surface area (Å²) in [7, 11) is 0. The number of rotatable bonds is 6. The van der Waals surface area contributed by atoms with Crippen molar-refractivity contribution in [2.75, 3.05) is 6.54 Å². The fourth-order valence-corrected chi connectivity index (χ4v) is 1.50. The smallest absolute Gasteiger partial charge is 0.224 e. The maximum atomic E-state index is 11.5. The molecule has 0 bridgehead atoms. The number of hydrogen-bond acceptors (Lipinski definition) is 2. The molecule has 1 aromatic carbocycles. The minimum absolute atomic E-state index is 0.0795. The summed E-state index contributed by atoms with van der Waals surface area (Å²) in [5.41, 5.74) is 6.67. The van der Waals surface area contributed by atoms with Gasteiger partial charge in [-0.1, -0.05) is 30.3 Å². The van der Waals surface area contributed by atoms with E-state index in [0.29, 0.717) is 13.0 Å². The van der Waals surface area contributed by atoms with Crippen LogP contribution in [0.4, 0.5) is 0 Å². The number of hydrogen-bond donors (Lipinski definition) is 2. The van der Waals surface area contributed by atoms with Crippen molar-refractivity contribution in [1.29, 1.82) is 0 Å². The zero-order valence-corrected chi connectivity index (χ0v) is 9.78. The van der Waals surface area contributed by atoms with E-state index >= 15 is 0 Å². The van der Waals surface area contributed by atoms with E-state index < -0.39 is 0 Å². The second-order valence-electron chi connectivity index (χ2n) is 4.13. The van der Waals surface area contributed by atoms with Gasteiger partial charge in [-0.05, 0) is 25.3 Å². The van der Waals surface area contributed by atoms with Crippen LogP contribution in [0.1, 0.15) is 25.3 Å². The molecule has 1 amide bonds. The fraction of sp³-hybridized carbons (Fsp3) is 0.462. The van der Waals surface area contributed by atoms with Crippen LogP contribution in [0.25, 0.3) is 0 Å². The van der Waals surface area contributed by atoms with Gasteiger partial charge in [0.15, 0.2) is 0 Å². The van der Waals surface area contributed by atoms with E-state index in [1.807, 2.05) is 37.3 Å². The van der Waals surface area contributed by atoms with Gasteiger partial charge in [0.05, 0.1) is 6.42 Å². The quantitative estimate of drug-likeness (QED) is 0.713. The Kier molecular flexibility index (Phi) is 5.57. The van der Waals surface area contributed by atoms with Gasteiger partial charge in [0, 0.05) is 12.6 Å². The molecule has 88 valence electrons. The summed E-state index contributed by atoms with van der Waals surface area (Å²) in [6.07, 6.45) is 2.35.